The number of aliphatic carboxylic acids is 1. The third kappa shape index (κ3) is 3.94. The van der Waals surface area contributed by atoms with Crippen LogP contribution in [0.1, 0.15) is 29.4 Å². The first-order chi connectivity index (χ1) is 9.27. The summed E-state index contributed by atoms with van der Waals surface area (Å²) in [5.74, 6) is -2.06. The van der Waals surface area contributed by atoms with Crippen LogP contribution >= 0.6 is 0 Å². The molecule has 1 aromatic rings. The molecule has 1 aromatic heterocycles. The molecule has 0 fully saturated rings. The maximum atomic E-state index is 12.8. The Bertz CT molecular complexity index is 503. The van der Waals surface area contributed by atoms with Crippen LogP contribution in [0.15, 0.2) is 18.3 Å². The van der Waals surface area contributed by atoms with Crippen LogP contribution in [0, 0.1) is 0 Å². The molecule has 0 aliphatic heterocycles. The molecule has 5 nitrogen and oxygen atoms in total. The van der Waals surface area contributed by atoms with Gasteiger partial charge in [-0.1, -0.05) is 0 Å². The number of hydrogen-bond acceptors (Lipinski definition) is 3. The third-order valence-electron chi connectivity index (χ3n) is 2.58. The molecule has 0 radical (unpaired) electrons. The van der Waals surface area contributed by atoms with E-state index in [0.29, 0.717) is 0 Å². The Balaban J connectivity index is 3.04. The predicted molar refractivity (Wildman–Crippen MR) is 63.1 cm³/mol. The van der Waals surface area contributed by atoms with Gasteiger partial charge in [0.1, 0.15) is 5.69 Å². The highest BCUT2D eigenvalue weighted by atomic mass is 19.4. The standard InChI is InChI=1S/C12H13F3N2O3/c1-2-17(7-5-9(18)19)11(20)10-8(12(13,14)15)4-3-6-16-10/h3-4,6H,2,5,7H2,1H3,(H,18,19). The summed E-state index contributed by atoms with van der Waals surface area (Å²) < 4.78 is 38.4. The van der Waals surface area contributed by atoms with Crippen LogP contribution in [0.3, 0.4) is 0 Å². The maximum Gasteiger partial charge on any atom is 0.418 e. The van der Waals surface area contributed by atoms with E-state index >= 15 is 0 Å². The molecule has 0 saturated carbocycles. The Morgan fingerprint density at radius 3 is 2.55 bits per heavy atom. The second-order valence-corrected chi connectivity index (χ2v) is 3.93. The molecular weight excluding hydrogens is 277 g/mol. The molecule has 0 unspecified atom stereocenters. The number of alkyl halides is 3. The minimum absolute atomic E-state index is 0.0972. The Morgan fingerprint density at radius 1 is 1.40 bits per heavy atom. The zero-order valence-electron chi connectivity index (χ0n) is 10.6. The van der Waals surface area contributed by atoms with Gasteiger partial charge in [-0.3, -0.25) is 14.6 Å². The summed E-state index contributed by atoms with van der Waals surface area (Å²) in [4.78, 5) is 27.0. The molecule has 0 aliphatic rings. The molecule has 0 saturated heterocycles. The summed E-state index contributed by atoms with van der Waals surface area (Å²) in [7, 11) is 0. The van der Waals surface area contributed by atoms with Gasteiger partial charge in [-0.2, -0.15) is 13.2 Å². The molecule has 0 aromatic carbocycles. The van der Waals surface area contributed by atoms with Gasteiger partial charge in [0, 0.05) is 19.3 Å². The SMILES string of the molecule is CCN(CCC(=O)O)C(=O)c1ncccc1C(F)(F)F. The Kier molecular flexibility index (Phi) is 5.06. The second-order valence-electron chi connectivity index (χ2n) is 3.93. The Labute approximate surface area is 113 Å². The number of nitrogens with zero attached hydrogens (tertiary/aromatic N) is 2. The summed E-state index contributed by atoms with van der Waals surface area (Å²) in [5, 5.41) is 8.56. The highest BCUT2D eigenvalue weighted by molar-refractivity contribution is 5.94. The fourth-order valence-electron chi connectivity index (χ4n) is 1.59. The van der Waals surface area contributed by atoms with E-state index in [2.05, 4.69) is 4.98 Å². The van der Waals surface area contributed by atoms with Crippen molar-refractivity contribution >= 4 is 11.9 Å². The van der Waals surface area contributed by atoms with Crippen LogP contribution in [0.5, 0.6) is 0 Å². The number of aromatic nitrogens is 1. The molecule has 1 N–H and O–H groups in total. The highest BCUT2D eigenvalue weighted by Gasteiger charge is 2.36. The first-order valence-electron chi connectivity index (χ1n) is 5.80. The summed E-state index contributed by atoms with van der Waals surface area (Å²) in [6.45, 7) is 1.48. The molecule has 1 rings (SSSR count). The van der Waals surface area contributed by atoms with E-state index in [0.717, 1.165) is 23.2 Å². The fourth-order valence-corrected chi connectivity index (χ4v) is 1.59. The number of carboxylic acid groups (broad SMARTS) is 1. The van der Waals surface area contributed by atoms with E-state index in [1.54, 1.807) is 6.92 Å². The monoisotopic (exact) mass is 290 g/mol. The van der Waals surface area contributed by atoms with Crippen molar-refractivity contribution in [3.05, 3.63) is 29.6 Å². The molecule has 20 heavy (non-hydrogen) atoms. The number of halogens is 3. The number of carbonyl (C=O) groups is 2. The van der Waals surface area contributed by atoms with Crippen molar-refractivity contribution < 1.29 is 27.9 Å². The molecular formula is C12H13F3N2O3. The van der Waals surface area contributed by atoms with E-state index in [1.165, 1.54) is 0 Å². The van der Waals surface area contributed by atoms with Gasteiger partial charge in [0.25, 0.3) is 5.91 Å². The number of amides is 1. The molecule has 0 spiro atoms. The van der Waals surface area contributed by atoms with Crippen molar-refractivity contribution in [3.63, 3.8) is 0 Å². The minimum Gasteiger partial charge on any atom is -0.481 e. The topological polar surface area (TPSA) is 70.5 Å². The number of pyridine rings is 1. The largest absolute Gasteiger partial charge is 0.481 e. The highest BCUT2D eigenvalue weighted by Crippen LogP contribution is 2.31. The lowest BCUT2D eigenvalue weighted by Gasteiger charge is -2.21. The number of hydrogen-bond donors (Lipinski definition) is 1. The van der Waals surface area contributed by atoms with Crippen molar-refractivity contribution in [2.45, 2.75) is 19.5 Å². The van der Waals surface area contributed by atoms with E-state index in [1.807, 2.05) is 0 Å². The quantitative estimate of drug-likeness (QED) is 0.900. The maximum absolute atomic E-state index is 12.8. The lowest BCUT2D eigenvalue weighted by Crippen LogP contribution is -2.34. The van der Waals surface area contributed by atoms with Crippen LogP contribution in [0.25, 0.3) is 0 Å². The van der Waals surface area contributed by atoms with Gasteiger partial charge >= 0.3 is 12.1 Å². The normalized spacial score (nSPS) is 11.2. The number of carbonyl (C=O) groups excluding carboxylic acids is 1. The van der Waals surface area contributed by atoms with Gasteiger partial charge in [-0.05, 0) is 19.1 Å². The summed E-state index contributed by atoms with van der Waals surface area (Å²) >= 11 is 0. The van der Waals surface area contributed by atoms with Crippen LogP contribution in [-0.4, -0.2) is 40.0 Å². The Morgan fingerprint density at radius 2 is 2.05 bits per heavy atom. The van der Waals surface area contributed by atoms with Crippen molar-refractivity contribution in [2.75, 3.05) is 13.1 Å². The molecule has 1 amide bonds. The Hall–Kier alpha value is -2.12. The number of rotatable bonds is 5. The van der Waals surface area contributed by atoms with Gasteiger partial charge in [-0.25, -0.2) is 0 Å². The average molecular weight is 290 g/mol. The van der Waals surface area contributed by atoms with E-state index in [-0.39, 0.29) is 19.5 Å². The summed E-state index contributed by atoms with van der Waals surface area (Å²) in [6.07, 6.45) is -3.94. The first kappa shape index (κ1) is 15.9. The van der Waals surface area contributed by atoms with Crippen LogP contribution in [0.4, 0.5) is 13.2 Å². The predicted octanol–water partition coefficient (Wildman–Crippen LogP) is 2.04. The molecule has 0 atom stereocenters. The smallest absolute Gasteiger partial charge is 0.418 e. The lowest BCUT2D eigenvalue weighted by atomic mass is 10.1. The lowest BCUT2D eigenvalue weighted by molar-refractivity contribution is -0.139. The van der Waals surface area contributed by atoms with Crippen molar-refractivity contribution in [2.24, 2.45) is 0 Å². The van der Waals surface area contributed by atoms with Crippen molar-refractivity contribution in [1.82, 2.24) is 9.88 Å². The van der Waals surface area contributed by atoms with E-state index in [4.69, 9.17) is 5.11 Å². The van der Waals surface area contributed by atoms with Gasteiger partial charge in [0.15, 0.2) is 0 Å². The van der Waals surface area contributed by atoms with Crippen molar-refractivity contribution in [1.29, 1.82) is 0 Å². The second kappa shape index (κ2) is 6.36. The van der Waals surface area contributed by atoms with Crippen LogP contribution in [0.2, 0.25) is 0 Å². The zero-order chi connectivity index (χ0) is 15.3. The zero-order valence-corrected chi connectivity index (χ0v) is 10.6. The minimum atomic E-state index is -4.69. The third-order valence-corrected chi connectivity index (χ3v) is 2.58. The molecule has 0 bridgehead atoms. The average Bonchev–Trinajstić information content (AvgIpc) is 2.38. The van der Waals surface area contributed by atoms with Gasteiger partial charge < -0.3 is 10.0 Å². The van der Waals surface area contributed by atoms with Crippen molar-refractivity contribution in [3.8, 4) is 0 Å². The first-order valence-corrected chi connectivity index (χ1v) is 5.80. The summed E-state index contributed by atoms with van der Waals surface area (Å²) in [6, 6.07) is 1.86. The van der Waals surface area contributed by atoms with Crippen LogP contribution < -0.4 is 0 Å². The van der Waals surface area contributed by atoms with Gasteiger partial charge in [0.05, 0.1) is 12.0 Å². The van der Waals surface area contributed by atoms with E-state index < -0.39 is 29.3 Å². The molecule has 1 heterocycles. The molecule has 0 aliphatic carbocycles. The molecule has 110 valence electrons. The summed E-state index contributed by atoms with van der Waals surface area (Å²) in [5.41, 5.74) is -1.84. The number of carboxylic acids is 1. The van der Waals surface area contributed by atoms with Gasteiger partial charge in [0.2, 0.25) is 0 Å². The molecule has 8 heteroatoms. The van der Waals surface area contributed by atoms with Gasteiger partial charge in [-0.15, -0.1) is 0 Å². The van der Waals surface area contributed by atoms with E-state index in [9.17, 15) is 22.8 Å². The fraction of sp³-hybridized carbons (Fsp3) is 0.417. The van der Waals surface area contributed by atoms with Crippen LogP contribution in [-0.2, 0) is 11.0 Å².